The molecule has 5 heterocycles. The van der Waals surface area contributed by atoms with Gasteiger partial charge in [0, 0.05) is 114 Å². The number of carbonyl (C=O) groups is 4. The van der Waals surface area contributed by atoms with Crippen LogP contribution in [-0.4, -0.2) is 116 Å². The van der Waals surface area contributed by atoms with Crippen LogP contribution < -0.4 is 36.4 Å². The van der Waals surface area contributed by atoms with Crippen LogP contribution in [0.4, 0.5) is 0 Å². The van der Waals surface area contributed by atoms with E-state index in [0.717, 1.165) is 139 Å². The van der Waals surface area contributed by atoms with Crippen molar-refractivity contribution in [3.63, 3.8) is 0 Å². The van der Waals surface area contributed by atoms with Gasteiger partial charge in [0.05, 0.1) is 67.8 Å². The summed E-state index contributed by atoms with van der Waals surface area (Å²) in [5.74, 6) is 2.33. The molecule has 16 rings (SSSR count). The van der Waals surface area contributed by atoms with Crippen molar-refractivity contribution >= 4 is 47.9 Å². The Morgan fingerprint density at radius 3 is 0.881 bits per heavy atom. The van der Waals surface area contributed by atoms with Gasteiger partial charge in [-0.1, -0.05) is 89.1 Å². The average Bonchev–Trinajstić information content (AvgIpc) is 1.54. The highest BCUT2D eigenvalue weighted by Gasteiger charge is 2.37. The van der Waals surface area contributed by atoms with E-state index in [1.165, 1.54) is 44.5 Å². The molecule has 4 unspecified atom stereocenters. The summed E-state index contributed by atoms with van der Waals surface area (Å²) in [5.41, 5.74) is 22.3. The molecule has 0 fully saturated rings. The van der Waals surface area contributed by atoms with Crippen LogP contribution in [0.2, 0.25) is 0 Å². The average molecular weight is 1590 g/mol. The predicted octanol–water partition coefficient (Wildman–Crippen LogP) is 16.0. The van der Waals surface area contributed by atoms with Gasteiger partial charge in [-0.3, -0.25) is 43.3 Å². The van der Waals surface area contributed by atoms with E-state index in [-0.39, 0.29) is 70.0 Å². The Kier molecular flexibility index (Phi) is 25.6. The molecule has 20 nitrogen and oxygen atoms in total. The van der Waals surface area contributed by atoms with Crippen LogP contribution in [0.25, 0.3) is 24.3 Å². The second-order valence-electron chi connectivity index (χ2n) is 32.5. The van der Waals surface area contributed by atoms with Crippen molar-refractivity contribution in [3.05, 3.63) is 323 Å². The number of aryl methyl sites for hydroxylation is 4. The van der Waals surface area contributed by atoms with Gasteiger partial charge in [-0.2, -0.15) is 0 Å². The zero-order valence-electron chi connectivity index (χ0n) is 70.2. The number of amides is 4. The number of carbonyl (C=O) groups excluding carboxylic acids is 4. The van der Waals surface area contributed by atoms with Gasteiger partial charge in [-0.25, -0.2) is 0 Å². The number of allylic oxidation sites excluding steroid dienone is 8. The highest BCUT2D eigenvalue weighted by Crippen LogP contribution is 2.42. The predicted molar refractivity (Wildman–Crippen MR) is 467 cm³/mol. The van der Waals surface area contributed by atoms with Crippen molar-refractivity contribution in [2.45, 2.75) is 181 Å². The normalized spacial score (nSPS) is 17.1. The SMILES string of the molecule is C=CCn1cc(C(=O)N(C)C2CCCc3cc(OC)ccc32)c2c(c1=O)CC(C)=C2.C=CCn1cc(C(=O)N(C)C2CCCc3cc(OC)ccc32)c2c(c1=O)CC(C)=C2.C=CCn1cc(C(=O)N(C)C2CCCc3cc(OC)ccc32)c2c(c1=O)CC(C)=C2.C=CCn1cc(C(=O)N(C)C2CCCc3cnccc32)c2c(c1=O)CC(C)=C2. The van der Waals surface area contributed by atoms with Crippen LogP contribution in [-0.2, 0) is 77.5 Å². The van der Waals surface area contributed by atoms with Crippen molar-refractivity contribution in [1.82, 2.24) is 42.9 Å². The highest BCUT2D eigenvalue weighted by molar-refractivity contribution is 6.01. The second kappa shape index (κ2) is 36.1. The van der Waals surface area contributed by atoms with Crippen molar-refractivity contribution < 1.29 is 33.4 Å². The van der Waals surface area contributed by atoms with Gasteiger partial charge in [-0.05, 0) is 240 Å². The van der Waals surface area contributed by atoms with E-state index in [2.05, 4.69) is 67.7 Å². The Bertz CT molecular complexity index is 5360. The fourth-order valence-electron chi connectivity index (χ4n) is 18.6. The van der Waals surface area contributed by atoms with Crippen LogP contribution in [0.5, 0.6) is 17.2 Å². The van der Waals surface area contributed by atoms with Crippen molar-refractivity contribution in [3.8, 4) is 17.2 Å². The summed E-state index contributed by atoms with van der Waals surface area (Å²) in [6.07, 6.45) is 39.4. The molecule has 0 saturated carbocycles. The molecule has 8 aromatic rings. The number of pyridine rings is 5. The standard InChI is InChI=1S/3C25H28N2O3.C23H25N3O2/c3*1-5-11-27-15-22(20-12-16(2)13-21(20)25(27)29)24(28)26(3)23-8-6-7-17-14-18(30-4)9-10-19(17)23;1-4-10-26-14-20(18-11-15(2)12-19(18)23(26)28)22(27)25(3)21-7-5-6-16-13-24-9-8-17(16)21/h3*5,9-10,12,14-15,23H,1,6-8,11,13H2,2-4H3;4,8-9,11,13-14,21H,1,5-7,10,12H2,2-3H3. The summed E-state index contributed by atoms with van der Waals surface area (Å²) in [7, 11) is 12.5. The summed E-state index contributed by atoms with van der Waals surface area (Å²) in [5, 5.41) is 0. The molecule has 4 atom stereocenters. The van der Waals surface area contributed by atoms with E-state index in [9.17, 15) is 38.4 Å². The van der Waals surface area contributed by atoms with Crippen LogP contribution >= 0.6 is 0 Å². The molecule has 0 N–H and O–H groups in total. The molecular formula is C98H109N9O11. The summed E-state index contributed by atoms with van der Waals surface area (Å²) in [6, 6.07) is 20.4. The maximum absolute atomic E-state index is 13.6. The molecule has 0 bridgehead atoms. The topological polar surface area (TPSA) is 210 Å². The minimum absolute atomic E-state index is 0.00840. The van der Waals surface area contributed by atoms with E-state index in [4.69, 9.17) is 14.2 Å². The van der Waals surface area contributed by atoms with Crippen LogP contribution in [0, 0.1) is 0 Å². The lowest BCUT2D eigenvalue weighted by atomic mass is 9.86. The third-order valence-corrected chi connectivity index (χ3v) is 24.6. The molecule has 118 heavy (non-hydrogen) atoms. The number of fused-ring (bicyclic) bond motifs is 8. The minimum atomic E-state index is -0.0521. The molecule has 4 amide bonds. The number of methoxy groups -OCH3 is 3. The van der Waals surface area contributed by atoms with E-state index >= 15 is 0 Å². The van der Waals surface area contributed by atoms with Crippen LogP contribution in [0.1, 0.15) is 234 Å². The maximum Gasteiger partial charge on any atom is 0.256 e. The van der Waals surface area contributed by atoms with Gasteiger partial charge in [0.1, 0.15) is 17.2 Å². The lowest BCUT2D eigenvalue weighted by Gasteiger charge is -2.34. The fourth-order valence-corrected chi connectivity index (χ4v) is 18.6. The molecule has 0 radical (unpaired) electrons. The van der Waals surface area contributed by atoms with Gasteiger partial charge in [0.2, 0.25) is 0 Å². The lowest BCUT2D eigenvalue weighted by Crippen LogP contribution is -2.35. The number of ether oxygens (including phenoxy) is 3. The van der Waals surface area contributed by atoms with Gasteiger partial charge in [-0.15, -0.1) is 26.3 Å². The number of aromatic nitrogens is 5. The lowest BCUT2D eigenvalue weighted by molar-refractivity contribution is 0.0706. The van der Waals surface area contributed by atoms with Crippen LogP contribution in [0.15, 0.2) is 190 Å². The molecule has 20 heteroatoms. The van der Waals surface area contributed by atoms with Gasteiger partial charge >= 0.3 is 0 Å². The first-order valence-electron chi connectivity index (χ1n) is 41.0. The Morgan fingerprint density at radius 2 is 0.636 bits per heavy atom. The fraction of sp³-hybridized carbons (Fsp3) is 0.357. The maximum atomic E-state index is 13.6. The summed E-state index contributed by atoms with van der Waals surface area (Å²) >= 11 is 0. The Hall–Kier alpha value is -12.2. The van der Waals surface area contributed by atoms with Gasteiger partial charge < -0.3 is 52.1 Å². The molecule has 8 aliphatic rings. The van der Waals surface area contributed by atoms with E-state index in [1.807, 2.05) is 130 Å². The molecule has 8 aliphatic carbocycles. The smallest absolute Gasteiger partial charge is 0.256 e. The quantitative estimate of drug-likeness (QED) is 0.0692. The van der Waals surface area contributed by atoms with Gasteiger partial charge in [0.25, 0.3) is 45.9 Å². The van der Waals surface area contributed by atoms with E-state index < -0.39 is 0 Å². The molecule has 0 aliphatic heterocycles. The summed E-state index contributed by atoms with van der Waals surface area (Å²) in [6.45, 7) is 24.6. The number of hydrogen-bond acceptors (Lipinski definition) is 12. The highest BCUT2D eigenvalue weighted by atomic mass is 16.5. The van der Waals surface area contributed by atoms with E-state index in [1.54, 1.807) is 94.9 Å². The first-order chi connectivity index (χ1) is 56.8. The van der Waals surface area contributed by atoms with Gasteiger partial charge in [0.15, 0.2) is 0 Å². The molecule has 3 aromatic carbocycles. The van der Waals surface area contributed by atoms with Crippen molar-refractivity contribution in [1.29, 1.82) is 0 Å². The minimum Gasteiger partial charge on any atom is -0.497 e. The summed E-state index contributed by atoms with van der Waals surface area (Å²) < 4.78 is 22.5. The zero-order valence-corrected chi connectivity index (χ0v) is 70.2. The molecule has 5 aromatic heterocycles. The molecule has 0 spiro atoms. The Labute approximate surface area is 691 Å². The van der Waals surface area contributed by atoms with Crippen LogP contribution in [0.3, 0.4) is 0 Å². The number of nitrogens with zero attached hydrogens (tertiary/aromatic N) is 9. The third-order valence-electron chi connectivity index (χ3n) is 24.6. The number of hydrogen-bond donors (Lipinski definition) is 0. The number of rotatable bonds is 19. The Morgan fingerprint density at radius 1 is 0.390 bits per heavy atom. The number of benzene rings is 3. The first kappa shape index (κ1) is 83.7. The molecule has 0 saturated heterocycles. The molecular weight excluding hydrogens is 1480 g/mol. The Balaban J connectivity index is 0.000000136. The third kappa shape index (κ3) is 16.8. The monoisotopic (exact) mass is 1590 g/mol. The van der Waals surface area contributed by atoms with Crippen molar-refractivity contribution in [2.75, 3.05) is 49.5 Å². The molecule has 612 valence electrons. The summed E-state index contributed by atoms with van der Waals surface area (Å²) in [4.78, 5) is 117. The zero-order chi connectivity index (χ0) is 84.1. The van der Waals surface area contributed by atoms with Crippen molar-refractivity contribution in [2.24, 2.45) is 0 Å². The first-order valence-corrected chi connectivity index (χ1v) is 41.0. The largest absolute Gasteiger partial charge is 0.497 e. The second-order valence-corrected chi connectivity index (χ2v) is 32.5. The van der Waals surface area contributed by atoms with E-state index in [0.29, 0.717) is 96.4 Å².